The van der Waals surface area contributed by atoms with E-state index in [-0.39, 0.29) is 11.9 Å². The first-order chi connectivity index (χ1) is 11.7. The van der Waals surface area contributed by atoms with Gasteiger partial charge < -0.3 is 15.6 Å². The van der Waals surface area contributed by atoms with Crippen molar-refractivity contribution in [1.82, 2.24) is 15.5 Å². The van der Waals surface area contributed by atoms with Crippen LogP contribution in [0.5, 0.6) is 0 Å². The van der Waals surface area contributed by atoms with Gasteiger partial charge in [-0.3, -0.25) is 4.79 Å². The van der Waals surface area contributed by atoms with Crippen molar-refractivity contribution in [2.24, 2.45) is 11.7 Å². The normalized spacial score (nSPS) is 18.8. The highest BCUT2D eigenvalue weighted by molar-refractivity contribution is 6.06. The van der Waals surface area contributed by atoms with Crippen LogP contribution < -0.4 is 11.1 Å². The predicted molar refractivity (Wildman–Crippen MR) is 90.8 cm³/mol. The van der Waals surface area contributed by atoms with Crippen LogP contribution in [0.1, 0.15) is 66.7 Å². The maximum Gasteiger partial charge on any atom is 0.259 e. The zero-order valence-electron chi connectivity index (χ0n) is 14.0. The van der Waals surface area contributed by atoms with Gasteiger partial charge in [0.15, 0.2) is 0 Å². The fourth-order valence-corrected chi connectivity index (χ4v) is 3.32. The smallest absolute Gasteiger partial charge is 0.259 e. The van der Waals surface area contributed by atoms with E-state index in [2.05, 4.69) is 22.4 Å². The summed E-state index contributed by atoms with van der Waals surface area (Å²) in [4.78, 5) is 17.5. The molecule has 1 unspecified atom stereocenters. The molecule has 24 heavy (non-hydrogen) atoms. The third kappa shape index (κ3) is 2.90. The molecule has 3 N–H and O–H groups in total. The number of nitrogens with zero attached hydrogens (tertiary/aromatic N) is 2. The number of hydrogen-bond acceptors (Lipinski definition) is 5. The molecule has 6 heteroatoms. The van der Waals surface area contributed by atoms with Gasteiger partial charge >= 0.3 is 0 Å². The van der Waals surface area contributed by atoms with Gasteiger partial charge in [0, 0.05) is 24.2 Å². The van der Waals surface area contributed by atoms with Crippen molar-refractivity contribution in [1.29, 1.82) is 0 Å². The van der Waals surface area contributed by atoms with E-state index in [0.717, 1.165) is 55.3 Å². The Morgan fingerprint density at radius 1 is 1.42 bits per heavy atom. The second-order valence-corrected chi connectivity index (χ2v) is 7.08. The van der Waals surface area contributed by atoms with Crippen LogP contribution in [0.2, 0.25) is 0 Å². The molecule has 0 radical (unpaired) electrons. The molecule has 2 fully saturated rings. The average molecular weight is 328 g/mol. The van der Waals surface area contributed by atoms with Gasteiger partial charge in [0.1, 0.15) is 0 Å². The lowest BCUT2D eigenvalue weighted by Gasteiger charge is -2.16. The molecular formula is C18H24N4O2. The maximum atomic E-state index is 12.9. The van der Waals surface area contributed by atoms with Crippen molar-refractivity contribution in [3.8, 4) is 0 Å². The minimum absolute atomic E-state index is 0.0552. The Bertz CT molecular complexity index is 762. The Morgan fingerprint density at radius 3 is 2.83 bits per heavy atom. The number of pyridine rings is 1. The van der Waals surface area contributed by atoms with E-state index < -0.39 is 0 Å². The number of carbonyl (C=O) groups is 1. The standard InChI is InChI=1S/C18H24N4O2/c1-2-3-13-16-12(17(23)20-15(9-19)11-6-7-11)8-14(10-4-5-10)21-18(16)24-22-13/h8,10-11,15H,2-7,9,19H2,1H3,(H,20,23). The van der Waals surface area contributed by atoms with Crippen LogP contribution in [0.3, 0.4) is 0 Å². The van der Waals surface area contributed by atoms with E-state index in [9.17, 15) is 4.79 Å². The molecule has 0 aromatic carbocycles. The second-order valence-electron chi connectivity index (χ2n) is 7.08. The number of aryl methyl sites for hydroxylation is 1. The summed E-state index contributed by atoms with van der Waals surface area (Å²) in [7, 11) is 0. The maximum absolute atomic E-state index is 12.9. The van der Waals surface area contributed by atoms with Gasteiger partial charge in [0.2, 0.25) is 0 Å². The molecule has 1 atom stereocenters. The molecule has 2 aromatic rings. The minimum atomic E-state index is -0.0767. The van der Waals surface area contributed by atoms with Crippen molar-refractivity contribution >= 4 is 17.0 Å². The van der Waals surface area contributed by atoms with Crippen LogP contribution in [-0.2, 0) is 6.42 Å². The van der Waals surface area contributed by atoms with Crippen molar-refractivity contribution in [3.05, 3.63) is 23.0 Å². The molecular weight excluding hydrogens is 304 g/mol. The predicted octanol–water partition coefficient (Wildman–Crippen LogP) is 2.52. The molecule has 6 nitrogen and oxygen atoms in total. The number of carbonyl (C=O) groups excluding carboxylic acids is 1. The molecule has 2 aliphatic rings. The number of nitrogens with one attached hydrogen (secondary N) is 1. The molecule has 2 aliphatic carbocycles. The lowest BCUT2D eigenvalue weighted by atomic mass is 10.0. The number of fused-ring (bicyclic) bond motifs is 1. The van der Waals surface area contributed by atoms with E-state index in [1.807, 2.05) is 6.07 Å². The quantitative estimate of drug-likeness (QED) is 0.814. The number of amides is 1. The Hall–Kier alpha value is -1.95. The number of rotatable bonds is 7. The summed E-state index contributed by atoms with van der Waals surface area (Å²) in [6.07, 6.45) is 6.28. The topological polar surface area (TPSA) is 94.0 Å². The molecule has 128 valence electrons. The fourth-order valence-electron chi connectivity index (χ4n) is 3.32. The Morgan fingerprint density at radius 2 is 2.21 bits per heavy atom. The molecule has 1 amide bonds. The van der Waals surface area contributed by atoms with Crippen molar-refractivity contribution in [2.45, 2.75) is 57.4 Å². The summed E-state index contributed by atoms with van der Waals surface area (Å²) in [5.41, 5.74) is 8.74. The molecule has 0 saturated heterocycles. The number of aromatic nitrogens is 2. The van der Waals surface area contributed by atoms with E-state index in [1.165, 1.54) is 0 Å². The first-order valence-corrected chi connectivity index (χ1v) is 9.01. The summed E-state index contributed by atoms with van der Waals surface area (Å²) in [6, 6.07) is 1.99. The van der Waals surface area contributed by atoms with E-state index in [0.29, 0.717) is 29.7 Å². The molecule has 2 saturated carbocycles. The van der Waals surface area contributed by atoms with Crippen LogP contribution in [0.25, 0.3) is 11.1 Å². The first-order valence-electron chi connectivity index (χ1n) is 9.01. The third-order valence-electron chi connectivity index (χ3n) is 5.03. The van der Waals surface area contributed by atoms with E-state index in [1.54, 1.807) is 0 Å². The molecule has 0 spiro atoms. The lowest BCUT2D eigenvalue weighted by molar-refractivity contribution is 0.0935. The van der Waals surface area contributed by atoms with Gasteiger partial charge in [-0.1, -0.05) is 18.5 Å². The first kappa shape index (κ1) is 15.6. The molecule has 0 bridgehead atoms. The van der Waals surface area contributed by atoms with E-state index >= 15 is 0 Å². The highest BCUT2D eigenvalue weighted by atomic mass is 16.5. The summed E-state index contributed by atoms with van der Waals surface area (Å²) < 4.78 is 5.44. The summed E-state index contributed by atoms with van der Waals surface area (Å²) in [5.74, 6) is 0.901. The van der Waals surface area contributed by atoms with Gasteiger partial charge in [-0.05, 0) is 44.1 Å². The van der Waals surface area contributed by atoms with Gasteiger partial charge in [-0.25, -0.2) is 4.98 Å². The van der Waals surface area contributed by atoms with Crippen molar-refractivity contribution < 1.29 is 9.32 Å². The Kier molecular flexibility index (Phi) is 4.00. The highest BCUT2D eigenvalue weighted by Gasteiger charge is 2.33. The van der Waals surface area contributed by atoms with Crippen LogP contribution >= 0.6 is 0 Å². The average Bonchev–Trinajstić information content (AvgIpc) is 3.49. The SMILES string of the molecule is CCCc1noc2nc(C3CC3)cc(C(=O)NC(CN)C3CC3)c12. The third-order valence-corrected chi connectivity index (χ3v) is 5.03. The fraction of sp³-hybridized carbons (Fsp3) is 0.611. The minimum Gasteiger partial charge on any atom is -0.348 e. The summed E-state index contributed by atoms with van der Waals surface area (Å²) >= 11 is 0. The molecule has 2 aromatic heterocycles. The summed E-state index contributed by atoms with van der Waals surface area (Å²) in [5, 5.41) is 8.04. The molecule has 0 aliphatic heterocycles. The van der Waals surface area contributed by atoms with Crippen molar-refractivity contribution in [2.75, 3.05) is 6.54 Å². The number of nitrogens with two attached hydrogens (primary N) is 1. The largest absolute Gasteiger partial charge is 0.348 e. The van der Waals surface area contributed by atoms with Gasteiger partial charge in [-0.15, -0.1) is 0 Å². The monoisotopic (exact) mass is 328 g/mol. The van der Waals surface area contributed by atoms with Gasteiger partial charge in [0.05, 0.1) is 16.6 Å². The lowest BCUT2D eigenvalue weighted by Crippen LogP contribution is -2.41. The number of hydrogen-bond donors (Lipinski definition) is 2. The molecule has 4 rings (SSSR count). The van der Waals surface area contributed by atoms with Crippen molar-refractivity contribution in [3.63, 3.8) is 0 Å². The Balaban J connectivity index is 1.72. The zero-order chi connectivity index (χ0) is 16.7. The van der Waals surface area contributed by atoms with Crippen LogP contribution in [0.4, 0.5) is 0 Å². The van der Waals surface area contributed by atoms with Crippen LogP contribution in [0.15, 0.2) is 10.6 Å². The van der Waals surface area contributed by atoms with Gasteiger partial charge in [0.25, 0.3) is 11.6 Å². The van der Waals surface area contributed by atoms with E-state index in [4.69, 9.17) is 10.3 Å². The van der Waals surface area contributed by atoms with Crippen LogP contribution in [0, 0.1) is 5.92 Å². The second kappa shape index (κ2) is 6.16. The summed E-state index contributed by atoms with van der Waals surface area (Å²) in [6.45, 7) is 2.56. The van der Waals surface area contributed by atoms with Crippen LogP contribution in [-0.4, -0.2) is 28.6 Å². The highest BCUT2D eigenvalue weighted by Crippen LogP contribution is 2.40. The zero-order valence-corrected chi connectivity index (χ0v) is 14.0. The Labute approximate surface area is 141 Å². The molecule has 2 heterocycles. The van der Waals surface area contributed by atoms with Gasteiger partial charge in [-0.2, -0.15) is 0 Å².